The van der Waals surface area contributed by atoms with Crippen molar-refractivity contribution in [3.8, 4) is 0 Å². The van der Waals surface area contributed by atoms with Crippen LogP contribution in [0.5, 0.6) is 0 Å². The average molecular weight is 476 g/mol. The van der Waals surface area contributed by atoms with Gasteiger partial charge in [-0.3, -0.25) is 9.69 Å². The summed E-state index contributed by atoms with van der Waals surface area (Å²) in [5.41, 5.74) is 2.11. The normalized spacial score (nSPS) is 23.2. The molecule has 2 aromatic rings. The Balaban J connectivity index is 1.30. The van der Waals surface area contributed by atoms with Crippen LogP contribution in [0.4, 0.5) is 0 Å². The van der Waals surface area contributed by atoms with Gasteiger partial charge in [0, 0.05) is 27.1 Å². The van der Waals surface area contributed by atoms with Gasteiger partial charge >= 0.3 is 0 Å². The van der Waals surface area contributed by atoms with Crippen molar-refractivity contribution in [1.82, 2.24) is 10.2 Å². The minimum absolute atomic E-state index is 0.0424. The van der Waals surface area contributed by atoms with E-state index in [2.05, 4.69) is 38.3 Å². The molecular weight excluding hydrogens is 448 g/mol. The molecule has 0 aromatic heterocycles. The second-order valence-electron chi connectivity index (χ2n) is 8.40. The monoisotopic (exact) mass is 474 g/mol. The first-order valence-corrected chi connectivity index (χ1v) is 11.8. The molecule has 1 aliphatic carbocycles. The van der Waals surface area contributed by atoms with Crippen LogP contribution in [-0.2, 0) is 6.42 Å². The Labute approximate surface area is 186 Å². The molecule has 3 nitrogen and oxygen atoms in total. The lowest BCUT2D eigenvalue weighted by Gasteiger charge is -2.38. The van der Waals surface area contributed by atoms with Crippen LogP contribution in [0.25, 0.3) is 0 Å². The zero-order chi connectivity index (χ0) is 20.2. The molecule has 2 aliphatic rings. The fraction of sp³-hybridized carbons (Fsp3) is 0.458. The number of halogens is 2. The molecule has 0 radical (unpaired) electrons. The molecule has 1 saturated carbocycles. The number of hydrogen-bond donors (Lipinski definition) is 1. The average Bonchev–Trinajstić information content (AvgIpc) is 3.18. The molecule has 1 saturated heterocycles. The van der Waals surface area contributed by atoms with Gasteiger partial charge in [-0.15, -0.1) is 0 Å². The Morgan fingerprint density at radius 2 is 1.83 bits per heavy atom. The summed E-state index contributed by atoms with van der Waals surface area (Å²) in [6.45, 7) is 2.26. The third-order valence-electron chi connectivity index (χ3n) is 6.44. The predicted octanol–water partition coefficient (Wildman–Crippen LogP) is 5.71. The highest BCUT2D eigenvalue weighted by Crippen LogP contribution is 2.30. The van der Waals surface area contributed by atoms with Crippen molar-refractivity contribution in [2.24, 2.45) is 5.92 Å². The van der Waals surface area contributed by atoms with E-state index in [1.165, 1.54) is 31.2 Å². The van der Waals surface area contributed by atoms with Crippen molar-refractivity contribution in [2.45, 2.75) is 50.6 Å². The molecule has 5 heteroatoms. The molecule has 2 fully saturated rings. The van der Waals surface area contributed by atoms with E-state index in [4.69, 9.17) is 11.6 Å². The lowest BCUT2D eigenvalue weighted by atomic mass is 9.89. The summed E-state index contributed by atoms with van der Waals surface area (Å²) < 4.78 is 0.941. The number of likely N-dealkylation sites (tertiary alicyclic amines) is 1. The van der Waals surface area contributed by atoms with Gasteiger partial charge in [-0.05, 0) is 93.4 Å². The maximum Gasteiger partial charge on any atom is 0.251 e. The van der Waals surface area contributed by atoms with Crippen LogP contribution in [0, 0.1) is 5.92 Å². The molecule has 0 unspecified atom stereocenters. The fourth-order valence-electron chi connectivity index (χ4n) is 4.87. The van der Waals surface area contributed by atoms with Gasteiger partial charge in [0.2, 0.25) is 0 Å². The van der Waals surface area contributed by atoms with Gasteiger partial charge in [-0.1, -0.05) is 45.7 Å². The number of nitrogens with zero attached hydrogens (tertiary/aromatic N) is 1. The molecular formula is C24H28BrClN2O. The first-order valence-electron chi connectivity index (χ1n) is 10.6. The van der Waals surface area contributed by atoms with E-state index in [-0.39, 0.29) is 11.9 Å². The van der Waals surface area contributed by atoms with Crippen molar-refractivity contribution in [2.75, 3.05) is 13.1 Å². The predicted molar refractivity (Wildman–Crippen MR) is 122 cm³/mol. The van der Waals surface area contributed by atoms with E-state index >= 15 is 0 Å². The second kappa shape index (κ2) is 9.63. The Morgan fingerprint density at radius 1 is 1.07 bits per heavy atom. The lowest BCUT2D eigenvalue weighted by Crippen LogP contribution is -2.51. The van der Waals surface area contributed by atoms with Crippen molar-refractivity contribution in [3.05, 3.63) is 69.2 Å². The summed E-state index contributed by atoms with van der Waals surface area (Å²) in [5.74, 6) is 0.782. The quantitative estimate of drug-likeness (QED) is 0.601. The number of piperidine rings is 1. The minimum Gasteiger partial charge on any atom is -0.348 e. The fourth-order valence-corrected chi connectivity index (χ4v) is 5.40. The standard InChI is InChI=1S/C24H28BrClN2O/c25-20-4-1-3-19(16-20)24(29)27-22-5-2-6-23(22)28-13-11-18(12-14-28)15-17-7-9-21(26)10-8-17/h1,3-4,7-10,16,18,22-23H,2,5-6,11-15H2,(H,27,29)/t22-,23-/m1/s1. The Bertz CT molecular complexity index is 833. The number of nitrogens with one attached hydrogen (secondary N) is 1. The number of rotatable bonds is 5. The number of benzene rings is 2. The van der Waals surface area contributed by atoms with Crippen molar-refractivity contribution in [3.63, 3.8) is 0 Å². The van der Waals surface area contributed by atoms with Gasteiger partial charge in [-0.2, -0.15) is 0 Å². The first kappa shape index (κ1) is 20.9. The molecule has 2 atom stereocenters. The van der Waals surface area contributed by atoms with Crippen molar-refractivity contribution < 1.29 is 4.79 Å². The van der Waals surface area contributed by atoms with Gasteiger partial charge in [0.05, 0.1) is 0 Å². The van der Waals surface area contributed by atoms with Crippen molar-refractivity contribution in [1.29, 1.82) is 0 Å². The van der Waals surface area contributed by atoms with Crippen LogP contribution >= 0.6 is 27.5 Å². The smallest absolute Gasteiger partial charge is 0.251 e. The molecule has 1 amide bonds. The third-order valence-corrected chi connectivity index (χ3v) is 7.18. The lowest BCUT2D eigenvalue weighted by molar-refractivity contribution is 0.0862. The third kappa shape index (κ3) is 5.42. The summed E-state index contributed by atoms with van der Waals surface area (Å²) in [5, 5.41) is 4.12. The van der Waals surface area contributed by atoms with Gasteiger partial charge < -0.3 is 5.32 Å². The van der Waals surface area contributed by atoms with Gasteiger partial charge in [0.25, 0.3) is 5.91 Å². The van der Waals surface area contributed by atoms with E-state index in [9.17, 15) is 4.79 Å². The van der Waals surface area contributed by atoms with Crippen LogP contribution in [0.3, 0.4) is 0 Å². The molecule has 1 N–H and O–H groups in total. The molecule has 2 aromatic carbocycles. The highest BCUT2D eigenvalue weighted by molar-refractivity contribution is 9.10. The Hall–Kier alpha value is -1.36. The highest BCUT2D eigenvalue weighted by atomic mass is 79.9. The summed E-state index contributed by atoms with van der Waals surface area (Å²) in [4.78, 5) is 15.3. The van der Waals surface area contributed by atoms with Crippen LogP contribution in [-0.4, -0.2) is 36.0 Å². The van der Waals surface area contributed by atoms with Crippen LogP contribution in [0.1, 0.15) is 48.0 Å². The molecule has 1 heterocycles. The summed E-state index contributed by atoms with van der Waals surface area (Å²) in [6, 6.07) is 16.6. The van der Waals surface area contributed by atoms with E-state index in [1.54, 1.807) is 0 Å². The Morgan fingerprint density at radius 3 is 2.55 bits per heavy atom. The largest absolute Gasteiger partial charge is 0.348 e. The maximum atomic E-state index is 12.7. The van der Waals surface area contributed by atoms with E-state index < -0.39 is 0 Å². The maximum absolute atomic E-state index is 12.7. The summed E-state index contributed by atoms with van der Waals surface area (Å²) >= 11 is 9.46. The minimum atomic E-state index is 0.0424. The number of hydrogen-bond acceptors (Lipinski definition) is 2. The van der Waals surface area contributed by atoms with E-state index in [0.717, 1.165) is 46.9 Å². The van der Waals surface area contributed by atoms with E-state index in [1.807, 2.05) is 36.4 Å². The number of amides is 1. The van der Waals surface area contributed by atoms with Gasteiger partial charge in [0.1, 0.15) is 0 Å². The SMILES string of the molecule is O=C(N[C@@H]1CCC[C@H]1N1CCC(Cc2ccc(Cl)cc2)CC1)c1cccc(Br)c1. The summed E-state index contributed by atoms with van der Waals surface area (Å²) in [6.07, 6.45) is 7.05. The number of carbonyl (C=O) groups is 1. The number of carbonyl (C=O) groups excluding carboxylic acids is 1. The van der Waals surface area contributed by atoms with Gasteiger partial charge in [0.15, 0.2) is 0 Å². The summed E-state index contributed by atoms with van der Waals surface area (Å²) in [7, 11) is 0. The zero-order valence-corrected chi connectivity index (χ0v) is 19.0. The topological polar surface area (TPSA) is 32.3 Å². The van der Waals surface area contributed by atoms with Crippen LogP contribution in [0.2, 0.25) is 5.02 Å². The van der Waals surface area contributed by atoms with Crippen LogP contribution in [0.15, 0.2) is 53.0 Å². The molecule has 154 valence electrons. The molecule has 0 spiro atoms. The molecule has 0 bridgehead atoms. The Kier molecular flexibility index (Phi) is 6.94. The van der Waals surface area contributed by atoms with Gasteiger partial charge in [-0.25, -0.2) is 0 Å². The van der Waals surface area contributed by atoms with E-state index in [0.29, 0.717) is 6.04 Å². The molecule has 1 aliphatic heterocycles. The second-order valence-corrected chi connectivity index (χ2v) is 9.75. The molecule has 29 heavy (non-hydrogen) atoms. The van der Waals surface area contributed by atoms with Crippen molar-refractivity contribution >= 4 is 33.4 Å². The first-order chi connectivity index (χ1) is 14.1. The highest BCUT2D eigenvalue weighted by Gasteiger charge is 2.35. The van der Waals surface area contributed by atoms with Crippen LogP contribution < -0.4 is 5.32 Å². The zero-order valence-electron chi connectivity index (χ0n) is 16.6. The molecule has 4 rings (SSSR count).